The molecule has 0 bridgehead atoms. The van der Waals surface area contributed by atoms with Gasteiger partial charge in [-0.2, -0.15) is 0 Å². The van der Waals surface area contributed by atoms with Crippen LogP contribution in [0.2, 0.25) is 0 Å². The van der Waals surface area contributed by atoms with Crippen molar-refractivity contribution in [1.29, 1.82) is 0 Å². The minimum atomic E-state index is -0.993. The molecule has 0 radical (unpaired) electrons. The molecule has 1 saturated heterocycles. The number of hydrogen-bond acceptors (Lipinski definition) is 3. The molecule has 2 heterocycles. The molecule has 5 nitrogen and oxygen atoms in total. The van der Waals surface area contributed by atoms with Gasteiger partial charge >= 0.3 is 5.97 Å². The number of carbonyl (C=O) groups is 1. The summed E-state index contributed by atoms with van der Waals surface area (Å²) < 4.78 is 29.6. The zero-order chi connectivity index (χ0) is 24.2. The van der Waals surface area contributed by atoms with Gasteiger partial charge in [0.05, 0.1) is 5.52 Å². The highest BCUT2D eigenvalue weighted by Crippen LogP contribution is 2.25. The highest BCUT2D eigenvalue weighted by Gasteiger charge is 2.23. The lowest BCUT2D eigenvalue weighted by Gasteiger charge is -2.27. The summed E-state index contributed by atoms with van der Waals surface area (Å²) in [6.07, 6.45) is 4.25. The van der Waals surface area contributed by atoms with Crippen LogP contribution >= 0.6 is 0 Å². The number of carboxylic acids is 1. The number of benzene rings is 2. The van der Waals surface area contributed by atoms with Crippen LogP contribution in [0.4, 0.5) is 8.78 Å². The van der Waals surface area contributed by atoms with Gasteiger partial charge in [-0.15, -0.1) is 0 Å². The average Bonchev–Trinajstić information content (AvgIpc) is 2.82. The highest BCUT2D eigenvalue weighted by molar-refractivity contribution is 5.83. The third-order valence-electron chi connectivity index (χ3n) is 6.71. The van der Waals surface area contributed by atoms with E-state index in [2.05, 4.69) is 4.90 Å². The molecule has 0 saturated carbocycles. The Kier molecular flexibility index (Phi) is 7.41. The molecular formula is C27H30F2N2O3. The molecule has 1 aromatic heterocycles. The molecule has 2 aromatic carbocycles. The molecule has 1 fully saturated rings. The van der Waals surface area contributed by atoms with Gasteiger partial charge in [0.25, 0.3) is 0 Å². The Morgan fingerprint density at radius 3 is 2.53 bits per heavy atom. The lowest BCUT2D eigenvalue weighted by Crippen LogP contribution is -2.29. The Labute approximate surface area is 197 Å². The normalized spacial score (nSPS) is 15.5. The van der Waals surface area contributed by atoms with Gasteiger partial charge in [-0.1, -0.05) is 31.5 Å². The summed E-state index contributed by atoms with van der Waals surface area (Å²) in [7, 11) is 0. The number of likely N-dealkylation sites (tertiary alicyclic amines) is 1. The van der Waals surface area contributed by atoms with E-state index in [1.807, 2.05) is 12.1 Å². The predicted octanol–water partition coefficient (Wildman–Crippen LogP) is 5.09. The summed E-state index contributed by atoms with van der Waals surface area (Å²) >= 11 is 0. The lowest BCUT2D eigenvalue weighted by atomic mass is 10.0. The monoisotopic (exact) mass is 468 g/mol. The van der Waals surface area contributed by atoms with Crippen LogP contribution in [0.5, 0.6) is 0 Å². The lowest BCUT2D eigenvalue weighted by molar-refractivity contribution is -0.140. The number of aliphatic carboxylic acids is 1. The number of nitrogens with zero attached hydrogens (tertiary/aromatic N) is 2. The number of aryl methyl sites for hydroxylation is 2. The number of hydrogen-bond donors (Lipinski definition) is 1. The topological polar surface area (TPSA) is 62.5 Å². The van der Waals surface area contributed by atoms with Gasteiger partial charge < -0.3 is 9.67 Å². The van der Waals surface area contributed by atoms with Crippen LogP contribution in [0.25, 0.3) is 10.9 Å². The standard InChI is InChI=1S/C27H30F2N2O3/c1-2-23(27(33)34)31-20(11-10-19-7-6-8-22(28)26(19)29)16-25(32)21-12-9-18(15-24(21)31)17-30-13-4-3-5-14-30/h6-9,12,15-16,23H,2-5,10-11,13-14,17H2,1H3,(H,33,34). The number of pyridine rings is 1. The second-order valence-corrected chi connectivity index (χ2v) is 9.03. The number of piperidine rings is 1. The van der Waals surface area contributed by atoms with E-state index in [1.165, 1.54) is 24.6 Å². The molecule has 7 heteroatoms. The van der Waals surface area contributed by atoms with Crippen LogP contribution in [0.1, 0.15) is 55.5 Å². The molecule has 1 aliphatic rings. The molecule has 0 aliphatic carbocycles. The van der Waals surface area contributed by atoms with Crippen molar-refractivity contribution >= 4 is 16.9 Å². The molecule has 4 rings (SSSR count). The minimum Gasteiger partial charge on any atom is -0.480 e. The molecule has 34 heavy (non-hydrogen) atoms. The van der Waals surface area contributed by atoms with Crippen molar-refractivity contribution in [3.63, 3.8) is 0 Å². The number of aromatic nitrogens is 1. The Bertz CT molecular complexity index is 1250. The molecule has 0 amide bonds. The molecule has 1 unspecified atom stereocenters. The smallest absolute Gasteiger partial charge is 0.326 e. The van der Waals surface area contributed by atoms with Gasteiger partial charge in [0, 0.05) is 23.7 Å². The van der Waals surface area contributed by atoms with E-state index >= 15 is 0 Å². The fourth-order valence-electron chi connectivity index (χ4n) is 4.94. The van der Waals surface area contributed by atoms with Crippen molar-refractivity contribution in [1.82, 2.24) is 9.47 Å². The van der Waals surface area contributed by atoms with Crippen LogP contribution in [0, 0.1) is 11.6 Å². The molecular weight excluding hydrogens is 438 g/mol. The summed E-state index contributed by atoms with van der Waals surface area (Å²) in [4.78, 5) is 27.5. The maximum Gasteiger partial charge on any atom is 0.326 e. The zero-order valence-electron chi connectivity index (χ0n) is 19.4. The Balaban J connectivity index is 1.78. The number of rotatable bonds is 8. The van der Waals surface area contributed by atoms with Crippen LogP contribution < -0.4 is 5.43 Å². The van der Waals surface area contributed by atoms with E-state index in [-0.39, 0.29) is 23.8 Å². The van der Waals surface area contributed by atoms with Gasteiger partial charge in [0.1, 0.15) is 6.04 Å². The van der Waals surface area contributed by atoms with Gasteiger partial charge in [0.15, 0.2) is 17.1 Å². The Morgan fingerprint density at radius 2 is 1.82 bits per heavy atom. The fourth-order valence-corrected chi connectivity index (χ4v) is 4.94. The first-order valence-corrected chi connectivity index (χ1v) is 11.9. The summed E-state index contributed by atoms with van der Waals surface area (Å²) in [5, 5.41) is 10.4. The van der Waals surface area contributed by atoms with Crippen molar-refractivity contribution in [3.05, 3.63) is 81.1 Å². The first kappa shape index (κ1) is 24.1. The van der Waals surface area contributed by atoms with E-state index in [0.29, 0.717) is 23.0 Å². The molecule has 3 aromatic rings. The first-order chi connectivity index (χ1) is 16.4. The summed E-state index contributed by atoms with van der Waals surface area (Å²) in [6.45, 7) is 4.58. The predicted molar refractivity (Wildman–Crippen MR) is 128 cm³/mol. The highest BCUT2D eigenvalue weighted by atomic mass is 19.2. The fraction of sp³-hybridized carbons (Fsp3) is 0.407. The van der Waals surface area contributed by atoms with E-state index in [0.717, 1.165) is 44.1 Å². The maximum atomic E-state index is 14.2. The third-order valence-corrected chi connectivity index (χ3v) is 6.71. The van der Waals surface area contributed by atoms with Crippen molar-refractivity contribution in [3.8, 4) is 0 Å². The van der Waals surface area contributed by atoms with Crippen LogP contribution in [0.15, 0.2) is 47.3 Å². The van der Waals surface area contributed by atoms with Crippen molar-refractivity contribution in [2.75, 3.05) is 13.1 Å². The number of fused-ring (bicyclic) bond motifs is 1. The van der Waals surface area contributed by atoms with Gasteiger partial charge in [0.2, 0.25) is 0 Å². The maximum absolute atomic E-state index is 14.2. The Hall–Kier alpha value is -3.06. The van der Waals surface area contributed by atoms with E-state index in [1.54, 1.807) is 17.6 Å². The van der Waals surface area contributed by atoms with E-state index in [4.69, 9.17) is 0 Å². The van der Waals surface area contributed by atoms with Gasteiger partial charge in [-0.25, -0.2) is 13.6 Å². The molecule has 0 spiro atoms. The van der Waals surface area contributed by atoms with Gasteiger partial charge in [-0.3, -0.25) is 9.69 Å². The van der Waals surface area contributed by atoms with Crippen LogP contribution in [0.3, 0.4) is 0 Å². The Morgan fingerprint density at radius 1 is 1.06 bits per heavy atom. The van der Waals surface area contributed by atoms with Crippen molar-refractivity contribution in [2.45, 2.75) is 58.0 Å². The van der Waals surface area contributed by atoms with E-state index in [9.17, 15) is 23.5 Å². The average molecular weight is 469 g/mol. The quantitative estimate of drug-likeness (QED) is 0.501. The second-order valence-electron chi connectivity index (χ2n) is 9.03. The second kappa shape index (κ2) is 10.5. The summed E-state index contributed by atoms with van der Waals surface area (Å²) in [6, 6.07) is 10.2. The van der Waals surface area contributed by atoms with E-state index < -0.39 is 23.6 Å². The van der Waals surface area contributed by atoms with Crippen molar-refractivity contribution < 1.29 is 18.7 Å². The summed E-state index contributed by atoms with van der Waals surface area (Å²) in [5.41, 5.74) is 2.10. The first-order valence-electron chi connectivity index (χ1n) is 11.9. The minimum absolute atomic E-state index is 0.151. The van der Waals surface area contributed by atoms with Crippen molar-refractivity contribution in [2.24, 2.45) is 0 Å². The summed E-state index contributed by atoms with van der Waals surface area (Å²) in [5.74, 6) is -2.83. The largest absolute Gasteiger partial charge is 0.480 e. The van der Waals surface area contributed by atoms with Crippen LogP contribution in [-0.2, 0) is 24.2 Å². The third kappa shape index (κ3) is 5.04. The molecule has 1 aliphatic heterocycles. The van der Waals surface area contributed by atoms with Crippen LogP contribution in [-0.4, -0.2) is 33.6 Å². The number of carboxylic acid groups (broad SMARTS) is 1. The number of halogens is 2. The molecule has 1 atom stereocenters. The molecule has 180 valence electrons. The zero-order valence-corrected chi connectivity index (χ0v) is 19.4. The van der Waals surface area contributed by atoms with Gasteiger partial charge in [-0.05, 0) is 74.5 Å². The SMILES string of the molecule is CCC(C(=O)O)n1c(CCc2cccc(F)c2F)cc(=O)c2ccc(CN3CCCCC3)cc21. The molecule has 1 N–H and O–H groups in total.